The molecular formula is C20H23NO3. The van der Waals surface area contributed by atoms with E-state index < -0.39 is 0 Å². The number of carbonyl (C=O) groups excluding carboxylic acids is 1. The van der Waals surface area contributed by atoms with Crippen molar-refractivity contribution < 1.29 is 14.3 Å². The number of rotatable bonds is 3. The standard InChI is InChI=1S/C20H23NO3/c1-13-5-7-15(8-6-13)20(22)21-10-9-16-11-18(23-3)19(24-4)12-17(16)14(21)2/h5-8,11-12,14H,9-10H2,1-4H3. The number of benzene rings is 2. The third-order valence-electron chi connectivity index (χ3n) is 4.74. The van der Waals surface area contributed by atoms with Gasteiger partial charge in [0.25, 0.3) is 5.91 Å². The lowest BCUT2D eigenvalue weighted by Crippen LogP contribution is -2.38. The van der Waals surface area contributed by atoms with Gasteiger partial charge in [-0.2, -0.15) is 0 Å². The first-order valence-electron chi connectivity index (χ1n) is 8.17. The highest BCUT2D eigenvalue weighted by atomic mass is 16.5. The van der Waals surface area contributed by atoms with Crippen LogP contribution in [0.4, 0.5) is 0 Å². The van der Waals surface area contributed by atoms with Gasteiger partial charge in [0.05, 0.1) is 20.3 Å². The van der Waals surface area contributed by atoms with E-state index in [0.29, 0.717) is 12.3 Å². The predicted molar refractivity (Wildman–Crippen MR) is 93.9 cm³/mol. The van der Waals surface area contributed by atoms with Gasteiger partial charge in [-0.3, -0.25) is 4.79 Å². The van der Waals surface area contributed by atoms with E-state index in [-0.39, 0.29) is 11.9 Å². The number of aryl methyl sites for hydroxylation is 1. The number of fused-ring (bicyclic) bond motifs is 1. The molecule has 0 saturated carbocycles. The van der Waals surface area contributed by atoms with Crippen LogP contribution in [0.1, 0.15) is 40.0 Å². The van der Waals surface area contributed by atoms with E-state index in [1.807, 2.05) is 48.2 Å². The molecule has 0 bridgehead atoms. The molecule has 2 aromatic rings. The van der Waals surface area contributed by atoms with Crippen molar-refractivity contribution in [2.24, 2.45) is 0 Å². The van der Waals surface area contributed by atoms with Crippen molar-refractivity contribution in [1.82, 2.24) is 4.90 Å². The van der Waals surface area contributed by atoms with Gasteiger partial charge in [-0.1, -0.05) is 17.7 Å². The van der Waals surface area contributed by atoms with E-state index in [0.717, 1.165) is 28.9 Å². The van der Waals surface area contributed by atoms with Gasteiger partial charge in [0.1, 0.15) is 0 Å². The number of nitrogens with zero attached hydrogens (tertiary/aromatic N) is 1. The molecule has 0 N–H and O–H groups in total. The molecule has 1 unspecified atom stereocenters. The van der Waals surface area contributed by atoms with Crippen molar-refractivity contribution in [2.45, 2.75) is 26.3 Å². The molecule has 0 fully saturated rings. The molecule has 4 heteroatoms. The summed E-state index contributed by atoms with van der Waals surface area (Å²) in [5, 5.41) is 0. The molecule has 2 aromatic carbocycles. The lowest BCUT2D eigenvalue weighted by atomic mass is 9.92. The molecule has 126 valence electrons. The summed E-state index contributed by atoms with van der Waals surface area (Å²) in [5.41, 5.74) is 4.23. The molecule has 0 aliphatic carbocycles. The number of carbonyl (C=O) groups is 1. The van der Waals surface area contributed by atoms with E-state index in [1.54, 1.807) is 14.2 Å². The zero-order valence-electron chi connectivity index (χ0n) is 14.6. The van der Waals surface area contributed by atoms with Crippen molar-refractivity contribution in [2.75, 3.05) is 20.8 Å². The fourth-order valence-corrected chi connectivity index (χ4v) is 3.28. The van der Waals surface area contributed by atoms with Gasteiger partial charge < -0.3 is 14.4 Å². The normalized spacial score (nSPS) is 16.5. The molecule has 0 aromatic heterocycles. The van der Waals surface area contributed by atoms with Gasteiger partial charge in [-0.15, -0.1) is 0 Å². The second kappa shape index (κ2) is 6.56. The average molecular weight is 325 g/mol. The Labute approximate surface area is 143 Å². The van der Waals surface area contributed by atoms with Crippen LogP contribution in [0.15, 0.2) is 36.4 Å². The molecule has 0 saturated heterocycles. The van der Waals surface area contributed by atoms with Gasteiger partial charge in [0, 0.05) is 12.1 Å². The van der Waals surface area contributed by atoms with Gasteiger partial charge in [-0.25, -0.2) is 0 Å². The Morgan fingerprint density at radius 3 is 2.33 bits per heavy atom. The first-order valence-corrected chi connectivity index (χ1v) is 8.17. The monoisotopic (exact) mass is 325 g/mol. The van der Waals surface area contributed by atoms with Crippen LogP contribution in [0.25, 0.3) is 0 Å². The Hall–Kier alpha value is -2.49. The third-order valence-corrected chi connectivity index (χ3v) is 4.74. The molecule has 1 aliphatic rings. The molecule has 4 nitrogen and oxygen atoms in total. The van der Waals surface area contributed by atoms with Crippen LogP contribution in [0.3, 0.4) is 0 Å². The summed E-state index contributed by atoms with van der Waals surface area (Å²) in [6.07, 6.45) is 0.817. The van der Waals surface area contributed by atoms with E-state index >= 15 is 0 Å². The highest BCUT2D eigenvalue weighted by Crippen LogP contribution is 2.38. The molecule has 0 spiro atoms. The molecule has 1 atom stereocenters. The number of ether oxygens (including phenoxy) is 2. The fourth-order valence-electron chi connectivity index (χ4n) is 3.28. The van der Waals surface area contributed by atoms with Gasteiger partial charge in [-0.05, 0) is 55.7 Å². The second-order valence-corrected chi connectivity index (χ2v) is 6.20. The van der Waals surface area contributed by atoms with E-state index in [1.165, 1.54) is 5.56 Å². The molecule has 3 rings (SSSR count). The van der Waals surface area contributed by atoms with Crippen LogP contribution < -0.4 is 9.47 Å². The maximum absolute atomic E-state index is 12.9. The Bertz CT molecular complexity index is 752. The maximum atomic E-state index is 12.9. The highest BCUT2D eigenvalue weighted by Gasteiger charge is 2.29. The minimum atomic E-state index is 0.00218. The third kappa shape index (κ3) is 2.84. The Balaban J connectivity index is 1.92. The van der Waals surface area contributed by atoms with Crippen molar-refractivity contribution in [3.63, 3.8) is 0 Å². The minimum absolute atomic E-state index is 0.00218. The number of amides is 1. The lowest BCUT2D eigenvalue weighted by Gasteiger charge is -2.36. The minimum Gasteiger partial charge on any atom is -0.493 e. The van der Waals surface area contributed by atoms with Gasteiger partial charge in [0.2, 0.25) is 0 Å². The summed E-state index contributed by atoms with van der Waals surface area (Å²) in [4.78, 5) is 14.8. The van der Waals surface area contributed by atoms with Crippen molar-refractivity contribution >= 4 is 5.91 Å². The summed E-state index contributed by atoms with van der Waals surface area (Å²) in [7, 11) is 3.27. The molecule has 1 amide bonds. The SMILES string of the molecule is COc1cc2c(cc1OC)C(C)N(C(=O)c1ccc(C)cc1)CC2. The fraction of sp³-hybridized carbons (Fsp3) is 0.350. The summed E-state index contributed by atoms with van der Waals surface area (Å²) in [5.74, 6) is 1.51. The van der Waals surface area contributed by atoms with Gasteiger partial charge >= 0.3 is 0 Å². The molecule has 1 heterocycles. The van der Waals surface area contributed by atoms with Crippen molar-refractivity contribution in [3.8, 4) is 11.5 Å². The van der Waals surface area contributed by atoms with Crippen LogP contribution in [-0.2, 0) is 6.42 Å². The van der Waals surface area contributed by atoms with E-state index in [2.05, 4.69) is 6.92 Å². The van der Waals surface area contributed by atoms with Gasteiger partial charge in [0.15, 0.2) is 11.5 Å². The maximum Gasteiger partial charge on any atom is 0.254 e. The topological polar surface area (TPSA) is 38.8 Å². The Morgan fingerprint density at radius 1 is 1.08 bits per heavy atom. The smallest absolute Gasteiger partial charge is 0.254 e. The first-order chi connectivity index (χ1) is 11.5. The molecule has 24 heavy (non-hydrogen) atoms. The Kier molecular flexibility index (Phi) is 4.47. The quantitative estimate of drug-likeness (QED) is 0.862. The zero-order chi connectivity index (χ0) is 17.3. The number of methoxy groups -OCH3 is 2. The number of hydrogen-bond acceptors (Lipinski definition) is 3. The van der Waals surface area contributed by atoms with Crippen LogP contribution >= 0.6 is 0 Å². The molecule has 1 aliphatic heterocycles. The second-order valence-electron chi connectivity index (χ2n) is 6.20. The zero-order valence-corrected chi connectivity index (χ0v) is 14.6. The summed E-state index contributed by atoms with van der Waals surface area (Å²) in [6.45, 7) is 4.79. The molecule has 0 radical (unpaired) electrons. The van der Waals surface area contributed by atoms with Crippen LogP contribution in [0.5, 0.6) is 11.5 Å². The summed E-state index contributed by atoms with van der Waals surface area (Å²) >= 11 is 0. The van der Waals surface area contributed by atoms with Crippen LogP contribution in [0.2, 0.25) is 0 Å². The number of hydrogen-bond donors (Lipinski definition) is 0. The van der Waals surface area contributed by atoms with Crippen molar-refractivity contribution in [1.29, 1.82) is 0 Å². The van der Waals surface area contributed by atoms with Crippen LogP contribution in [-0.4, -0.2) is 31.6 Å². The van der Waals surface area contributed by atoms with Crippen LogP contribution in [0, 0.1) is 6.92 Å². The lowest BCUT2D eigenvalue weighted by molar-refractivity contribution is 0.0677. The van der Waals surface area contributed by atoms with E-state index in [9.17, 15) is 4.79 Å². The Morgan fingerprint density at radius 2 is 1.71 bits per heavy atom. The molecular weight excluding hydrogens is 302 g/mol. The first kappa shape index (κ1) is 16.4. The van der Waals surface area contributed by atoms with Crippen molar-refractivity contribution in [3.05, 3.63) is 58.7 Å². The summed E-state index contributed by atoms with van der Waals surface area (Å²) in [6, 6.07) is 11.8. The average Bonchev–Trinajstić information content (AvgIpc) is 2.61. The van der Waals surface area contributed by atoms with E-state index in [4.69, 9.17) is 9.47 Å². The predicted octanol–water partition coefficient (Wildman–Crippen LogP) is 3.77. The highest BCUT2D eigenvalue weighted by molar-refractivity contribution is 5.94. The largest absolute Gasteiger partial charge is 0.493 e. The summed E-state index contributed by atoms with van der Waals surface area (Å²) < 4.78 is 10.8.